The van der Waals surface area contributed by atoms with Crippen molar-refractivity contribution in [1.82, 2.24) is 9.97 Å². The van der Waals surface area contributed by atoms with E-state index >= 15 is 0 Å². The zero-order valence-electron chi connectivity index (χ0n) is 16.6. The second-order valence-electron chi connectivity index (χ2n) is 7.46. The molecule has 2 heterocycles. The summed E-state index contributed by atoms with van der Waals surface area (Å²) >= 11 is 3.26. The number of likely N-dealkylation sites (N-methyl/N-ethyl adjacent to an activating group) is 1. The number of amides is 1. The highest BCUT2D eigenvalue weighted by Gasteiger charge is 2.21. The summed E-state index contributed by atoms with van der Waals surface area (Å²) in [7, 11) is 1.93. The maximum absolute atomic E-state index is 12.7. The predicted molar refractivity (Wildman–Crippen MR) is 119 cm³/mol. The number of hydrogen-bond donors (Lipinski definition) is 3. The Morgan fingerprint density at radius 1 is 1.31 bits per heavy atom. The first kappa shape index (κ1) is 20.1. The third kappa shape index (κ3) is 4.39. The molecule has 29 heavy (non-hydrogen) atoms. The van der Waals surface area contributed by atoms with Crippen molar-refractivity contribution in [1.29, 1.82) is 0 Å². The molecule has 4 rings (SSSR count). The van der Waals surface area contributed by atoms with Gasteiger partial charge >= 0.3 is 0 Å². The van der Waals surface area contributed by atoms with Gasteiger partial charge < -0.3 is 15.2 Å². The Balaban J connectivity index is 1.45. The van der Waals surface area contributed by atoms with Crippen molar-refractivity contribution in [3.05, 3.63) is 50.9 Å². The molecule has 0 spiro atoms. The zero-order chi connectivity index (χ0) is 20.4. The van der Waals surface area contributed by atoms with Crippen molar-refractivity contribution in [3.63, 3.8) is 0 Å². The molecular formula is C21H25N4O2S2+. The second kappa shape index (κ2) is 8.69. The number of aryl methyl sites for hydroxylation is 2. The molecule has 0 saturated carbocycles. The number of hydrogen-bond acceptors (Lipinski definition) is 5. The van der Waals surface area contributed by atoms with Crippen LogP contribution in [-0.4, -0.2) is 35.7 Å². The van der Waals surface area contributed by atoms with Crippen molar-refractivity contribution in [2.75, 3.05) is 25.2 Å². The van der Waals surface area contributed by atoms with Crippen LogP contribution < -0.4 is 15.8 Å². The van der Waals surface area contributed by atoms with Gasteiger partial charge in [0.2, 0.25) is 0 Å². The average Bonchev–Trinajstić information content (AvgIpc) is 3.06. The molecule has 1 aliphatic rings. The highest BCUT2D eigenvalue weighted by Crippen LogP contribution is 2.33. The number of para-hydroxylation sites is 1. The smallest absolute Gasteiger partial charge is 0.279 e. The van der Waals surface area contributed by atoms with E-state index in [4.69, 9.17) is 4.98 Å². The normalized spacial score (nSPS) is 14.6. The number of carbonyl (C=O) groups is 1. The van der Waals surface area contributed by atoms with E-state index in [0.29, 0.717) is 18.9 Å². The van der Waals surface area contributed by atoms with Gasteiger partial charge in [-0.25, -0.2) is 4.98 Å². The lowest BCUT2D eigenvalue weighted by Gasteiger charge is -2.14. The molecule has 152 valence electrons. The van der Waals surface area contributed by atoms with Gasteiger partial charge in [0, 0.05) is 9.77 Å². The molecule has 2 aromatic heterocycles. The van der Waals surface area contributed by atoms with E-state index in [1.165, 1.54) is 16.9 Å². The number of aromatic nitrogens is 2. The number of quaternary nitrogens is 1. The highest BCUT2D eigenvalue weighted by molar-refractivity contribution is 7.98. The highest BCUT2D eigenvalue weighted by atomic mass is 32.2. The van der Waals surface area contributed by atoms with E-state index < -0.39 is 0 Å². The fraction of sp³-hybridized carbons (Fsp3) is 0.381. The Bertz CT molecular complexity index is 1110. The van der Waals surface area contributed by atoms with Crippen molar-refractivity contribution in [3.8, 4) is 0 Å². The second-order valence-corrected chi connectivity index (χ2v) is 9.39. The van der Waals surface area contributed by atoms with Gasteiger partial charge in [-0.2, -0.15) is 0 Å². The summed E-state index contributed by atoms with van der Waals surface area (Å²) in [6.45, 7) is 0.788. The molecule has 6 nitrogen and oxygen atoms in total. The van der Waals surface area contributed by atoms with Gasteiger partial charge in [0.1, 0.15) is 11.4 Å². The zero-order valence-corrected chi connectivity index (χ0v) is 18.3. The van der Waals surface area contributed by atoms with Crippen LogP contribution in [0.2, 0.25) is 0 Å². The summed E-state index contributed by atoms with van der Waals surface area (Å²) < 4.78 is 0. The quantitative estimate of drug-likeness (QED) is 0.525. The standard InChI is InChI=1S/C21H24N4O2S2/c1-25(12-18(26)22-14-8-4-6-10-16(14)28-2)11-17-23-20(27)19-13-7-3-5-9-15(13)29-21(19)24-17/h4,6,8,10H,3,5,7,9,11-12H2,1-2H3,(H,22,26)(H,23,24,27)/p+1. The maximum Gasteiger partial charge on any atom is 0.279 e. The molecule has 3 aromatic rings. The number of nitrogens with one attached hydrogen (secondary N) is 3. The Morgan fingerprint density at radius 2 is 2.10 bits per heavy atom. The summed E-state index contributed by atoms with van der Waals surface area (Å²) in [5, 5.41) is 3.76. The number of nitrogens with zero attached hydrogens (tertiary/aromatic N) is 1. The third-order valence-corrected chi connectivity index (χ3v) is 7.17. The number of fused-ring (bicyclic) bond motifs is 3. The first-order chi connectivity index (χ1) is 14.0. The van der Waals surface area contributed by atoms with E-state index in [9.17, 15) is 9.59 Å². The average molecular weight is 430 g/mol. The van der Waals surface area contributed by atoms with Crippen LogP contribution in [0.3, 0.4) is 0 Å². The van der Waals surface area contributed by atoms with Crippen LogP contribution in [0, 0.1) is 0 Å². The minimum atomic E-state index is -0.0565. The van der Waals surface area contributed by atoms with Crippen molar-refractivity contribution < 1.29 is 9.69 Å². The Labute approximate surface area is 177 Å². The lowest BCUT2D eigenvalue weighted by molar-refractivity contribution is -0.885. The molecule has 1 unspecified atom stereocenters. The van der Waals surface area contributed by atoms with Crippen molar-refractivity contribution >= 4 is 44.9 Å². The number of benzene rings is 1. The Kier molecular flexibility index (Phi) is 6.03. The van der Waals surface area contributed by atoms with Gasteiger partial charge in [0.25, 0.3) is 11.5 Å². The van der Waals surface area contributed by atoms with Gasteiger partial charge in [-0.3, -0.25) is 9.59 Å². The molecular weight excluding hydrogens is 404 g/mol. The lowest BCUT2D eigenvalue weighted by Crippen LogP contribution is -3.08. The molecule has 0 radical (unpaired) electrons. The number of rotatable bonds is 6. The molecule has 0 bridgehead atoms. The number of thioether (sulfide) groups is 1. The third-order valence-electron chi connectivity index (χ3n) is 5.19. The van der Waals surface area contributed by atoms with Gasteiger partial charge in [0.05, 0.1) is 18.1 Å². The molecule has 0 aliphatic heterocycles. The van der Waals surface area contributed by atoms with Crippen LogP contribution in [-0.2, 0) is 24.2 Å². The number of aromatic amines is 1. The molecule has 3 N–H and O–H groups in total. The maximum atomic E-state index is 12.7. The Morgan fingerprint density at radius 3 is 2.93 bits per heavy atom. The van der Waals surface area contributed by atoms with Crippen LogP contribution in [0.5, 0.6) is 0 Å². The first-order valence-electron chi connectivity index (χ1n) is 9.82. The largest absolute Gasteiger partial charge is 0.323 e. The predicted octanol–water partition coefficient (Wildman–Crippen LogP) is 2.24. The van der Waals surface area contributed by atoms with E-state index in [2.05, 4.69) is 10.3 Å². The molecule has 0 fully saturated rings. The van der Waals surface area contributed by atoms with Gasteiger partial charge in [-0.05, 0) is 49.6 Å². The molecule has 0 saturated heterocycles. The number of H-pyrrole nitrogens is 1. The molecule has 1 aliphatic carbocycles. The van der Waals surface area contributed by atoms with E-state index in [1.807, 2.05) is 37.6 Å². The topological polar surface area (TPSA) is 79.3 Å². The minimum absolute atomic E-state index is 0.0458. The van der Waals surface area contributed by atoms with E-state index in [0.717, 1.165) is 45.0 Å². The summed E-state index contributed by atoms with van der Waals surface area (Å²) in [4.78, 5) is 36.9. The molecule has 1 aromatic carbocycles. The van der Waals surface area contributed by atoms with Crippen LogP contribution in [0.1, 0.15) is 29.1 Å². The van der Waals surface area contributed by atoms with E-state index in [-0.39, 0.29) is 11.5 Å². The van der Waals surface area contributed by atoms with E-state index in [1.54, 1.807) is 23.1 Å². The lowest BCUT2D eigenvalue weighted by atomic mass is 9.97. The van der Waals surface area contributed by atoms with Crippen LogP contribution in [0.25, 0.3) is 10.2 Å². The summed E-state index contributed by atoms with van der Waals surface area (Å²) in [6, 6.07) is 7.77. The van der Waals surface area contributed by atoms with Crippen molar-refractivity contribution in [2.24, 2.45) is 0 Å². The van der Waals surface area contributed by atoms with Crippen molar-refractivity contribution in [2.45, 2.75) is 37.1 Å². The fourth-order valence-electron chi connectivity index (χ4n) is 3.86. The molecule has 8 heteroatoms. The van der Waals surface area contributed by atoms with Crippen LogP contribution in [0.4, 0.5) is 5.69 Å². The first-order valence-corrected chi connectivity index (χ1v) is 11.9. The molecule has 1 amide bonds. The SMILES string of the molecule is CSc1ccccc1NC(=O)C[NH+](C)Cc1nc2sc3c(c2c(=O)[nH]1)CCCC3. The van der Waals surface area contributed by atoms with Crippen LogP contribution in [0.15, 0.2) is 34.0 Å². The van der Waals surface area contributed by atoms with Crippen LogP contribution >= 0.6 is 23.1 Å². The molecule has 1 atom stereocenters. The monoisotopic (exact) mass is 429 g/mol. The number of carbonyl (C=O) groups excluding carboxylic acids is 1. The summed E-state index contributed by atoms with van der Waals surface area (Å²) in [5.41, 5.74) is 1.98. The van der Waals surface area contributed by atoms with Gasteiger partial charge in [-0.15, -0.1) is 23.1 Å². The summed E-state index contributed by atoms with van der Waals surface area (Å²) in [5.74, 6) is 0.579. The van der Waals surface area contributed by atoms with Gasteiger partial charge in [-0.1, -0.05) is 12.1 Å². The fourth-order valence-corrected chi connectivity index (χ4v) is 5.69. The Hall–Kier alpha value is -2.16. The van der Waals surface area contributed by atoms with Gasteiger partial charge in [0.15, 0.2) is 12.4 Å². The number of anilines is 1. The minimum Gasteiger partial charge on any atom is -0.323 e. The summed E-state index contributed by atoms with van der Waals surface area (Å²) in [6.07, 6.45) is 6.34. The number of thiophene rings is 1.